The second-order valence-corrected chi connectivity index (χ2v) is 5.34. The Balaban J connectivity index is 1.98. The molecule has 1 saturated heterocycles. The van der Waals surface area contributed by atoms with Gasteiger partial charge in [0.25, 0.3) is 0 Å². The molecule has 1 aromatic heterocycles. The Morgan fingerprint density at radius 1 is 1.41 bits per heavy atom. The predicted octanol–water partition coefficient (Wildman–Crippen LogP) is 1.02. The van der Waals surface area contributed by atoms with Crippen LogP contribution in [0.4, 0.5) is 24.8 Å². The van der Waals surface area contributed by atoms with E-state index in [0.29, 0.717) is 12.4 Å². The normalized spacial score (nSPS) is 20.8. The van der Waals surface area contributed by atoms with Crippen LogP contribution in [-0.4, -0.2) is 58.7 Å². The van der Waals surface area contributed by atoms with Crippen LogP contribution in [0.1, 0.15) is 12.8 Å². The first-order valence-electron chi connectivity index (χ1n) is 7.06. The van der Waals surface area contributed by atoms with Crippen molar-refractivity contribution in [2.45, 2.75) is 25.1 Å². The van der Waals surface area contributed by atoms with Crippen molar-refractivity contribution in [3.63, 3.8) is 0 Å². The highest BCUT2D eigenvalue weighted by Gasteiger charge is 2.37. The minimum absolute atomic E-state index is 0.102. The van der Waals surface area contributed by atoms with E-state index >= 15 is 0 Å². The molecule has 9 heteroatoms. The lowest BCUT2D eigenvalue weighted by molar-refractivity contribution is -0.198. The summed E-state index contributed by atoms with van der Waals surface area (Å²) >= 11 is 0. The van der Waals surface area contributed by atoms with E-state index in [1.165, 1.54) is 6.33 Å². The number of hydrogen-bond donors (Lipinski definition) is 3. The summed E-state index contributed by atoms with van der Waals surface area (Å²) < 4.78 is 36.7. The quantitative estimate of drug-likeness (QED) is 0.751. The van der Waals surface area contributed by atoms with Gasteiger partial charge in [0, 0.05) is 25.8 Å². The average molecular weight is 320 g/mol. The zero-order chi connectivity index (χ0) is 16.2. The van der Waals surface area contributed by atoms with Gasteiger partial charge in [-0.25, -0.2) is 9.97 Å². The van der Waals surface area contributed by atoms with Crippen molar-refractivity contribution in [2.24, 2.45) is 5.92 Å². The summed E-state index contributed by atoms with van der Waals surface area (Å²) in [5.41, 5.74) is 0. The van der Waals surface area contributed by atoms with Crippen LogP contribution in [0.3, 0.4) is 0 Å². The molecular weight excluding hydrogens is 301 g/mol. The first kappa shape index (κ1) is 16.8. The molecular formula is C13H19F3N4O2. The Bertz CT molecular complexity index is 487. The van der Waals surface area contributed by atoms with Gasteiger partial charge in [-0.2, -0.15) is 13.2 Å². The molecule has 3 N–H and O–H groups in total. The zero-order valence-electron chi connectivity index (χ0n) is 11.9. The van der Waals surface area contributed by atoms with Crippen molar-refractivity contribution in [3.05, 3.63) is 12.4 Å². The summed E-state index contributed by atoms with van der Waals surface area (Å²) in [6.07, 6.45) is -3.98. The number of piperidine rings is 1. The molecule has 1 fully saturated rings. The lowest BCUT2D eigenvalue weighted by atomic mass is 9.99. The summed E-state index contributed by atoms with van der Waals surface area (Å²) in [5.74, 6) is 0.990. The molecule has 22 heavy (non-hydrogen) atoms. The third kappa shape index (κ3) is 4.44. The topological polar surface area (TPSA) is 81.5 Å². The summed E-state index contributed by atoms with van der Waals surface area (Å²) in [7, 11) is 0. The number of aliphatic hydroxyl groups is 2. The number of hydrogen-bond acceptors (Lipinski definition) is 6. The van der Waals surface area contributed by atoms with Gasteiger partial charge in [0.2, 0.25) is 0 Å². The van der Waals surface area contributed by atoms with Gasteiger partial charge in [-0.05, 0) is 18.8 Å². The fourth-order valence-corrected chi connectivity index (χ4v) is 2.36. The number of aromatic nitrogens is 2. The maximum absolute atomic E-state index is 12.2. The Kier molecular flexibility index (Phi) is 5.41. The fraction of sp³-hybridized carbons (Fsp3) is 0.692. The molecule has 2 atom stereocenters. The molecule has 0 aliphatic carbocycles. The van der Waals surface area contributed by atoms with Crippen molar-refractivity contribution in [3.8, 4) is 0 Å². The summed E-state index contributed by atoms with van der Waals surface area (Å²) in [5, 5.41) is 20.6. The molecule has 1 unspecified atom stereocenters. The van der Waals surface area contributed by atoms with Gasteiger partial charge in [-0.1, -0.05) is 0 Å². The zero-order valence-corrected chi connectivity index (χ0v) is 11.9. The Morgan fingerprint density at radius 2 is 2.18 bits per heavy atom. The monoisotopic (exact) mass is 320 g/mol. The molecule has 1 aromatic rings. The molecule has 2 rings (SSSR count). The van der Waals surface area contributed by atoms with Crippen molar-refractivity contribution < 1.29 is 23.4 Å². The van der Waals surface area contributed by atoms with Gasteiger partial charge >= 0.3 is 6.18 Å². The summed E-state index contributed by atoms with van der Waals surface area (Å²) in [6, 6.07) is 1.54. The van der Waals surface area contributed by atoms with Crippen molar-refractivity contribution in [2.75, 3.05) is 36.5 Å². The number of anilines is 2. The van der Waals surface area contributed by atoms with Crippen LogP contribution in [0.2, 0.25) is 0 Å². The van der Waals surface area contributed by atoms with Crippen LogP contribution >= 0.6 is 0 Å². The maximum atomic E-state index is 12.2. The van der Waals surface area contributed by atoms with Gasteiger partial charge in [-0.15, -0.1) is 0 Å². The molecule has 0 amide bonds. The van der Waals surface area contributed by atoms with Crippen LogP contribution in [0.5, 0.6) is 0 Å². The van der Waals surface area contributed by atoms with Crippen LogP contribution in [0, 0.1) is 5.92 Å². The molecule has 0 spiro atoms. The second kappa shape index (κ2) is 7.10. The number of alkyl halides is 3. The highest BCUT2D eigenvalue weighted by atomic mass is 19.4. The molecule has 2 heterocycles. The van der Waals surface area contributed by atoms with E-state index in [4.69, 9.17) is 5.11 Å². The molecule has 124 valence electrons. The lowest BCUT2D eigenvalue weighted by Gasteiger charge is -2.32. The van der Waals surface area contributed by atoms with E-state index in [1.54, 1.807) is 6.07 Å². The van der Waals surface area contributed by atoms with Crippen LogP contribution < -0.4 is 10.2 Å². The third-order valence-electron chi connectivity index (χ3n) is 3.61. The van der Waals surface area contributed by atoms with Crippen LogP contribution in [0.25, 0.3) is 0 Å². The Labute approximate surface area is 126 Å². The average Bonchev–Trinajstić information content (AvgIpc) is 2.52. The fourth-order valence-electron chi connectivity index (χ4n) is 2.36. The SMILES string of the molecule is OCC1CCCN(c2cc(NC[C@@H](O)C(F)(F)F)ncn2)C1. The first-order chi connectivity index (χ1) is 10.4. The van der Waals surface area contributed by atoms with E-state index < -0.39 is 18.8 Å². The molecule has 0 bridgehead atoms. The van der Waals surface area contributed by atoms with Crippen molar-refractivity contribution in [1.82, 2.24) is 9.97 Å². The Hall–Kier alpha value is -1.61. The van der Waals surface area contributed by atoms with E-state index in [1.807, 2.05) is 4.90 Å². The van der Waals surface area contributed by atoms with Gasteiger partial charge < -0.3 is 20.4 Å². The number of aliphatic hydroxyl groups excluding tert-OH is 2. The largest absolute Gasteiger partial charge is 0.416 e. The summed E-state index contributed by atoms with van der Waals surface area (Å²) in [6.45, 7) is 0.861. The van der Waals surface area contributed by atoms with Gasteiger partial charge in [0.15, 0.2) is 6.10 Å². The van der Waals surface area contributed by atoms with E-state index in [-0.39, 0.29) is 18.3 Å². The van der Waals surface area contributed by atoms with Crippen LogP contribution in [-0.2, 0) is 0 Å². The lowest BCUT2D eigenvalue weighted by Crippen LogP contribution is -2.37. The maximum Gasteiger partial charge on any atom is 0.416 e. The third-order valence-corrected chi connectivity index (χ3v) is 3.61. The molecule has 1 aliphatic rings. The minimum Gasteiger partial charge on any atom is -0.396 e. The van der Waals surface area contributed by atoms with Gasteiger partial charge in [0.05, 0.1) is 6.54 Å². The second-order valence-electron chi connectivity index (χ2n) is 5.34. The number of rotatable bonds is 5. The molecule has 0 radical (unpaired) electrons. The van der Waals surface area contributed by atoms with Gasteiger partial charge in [0.1, 0.15) is 18.0 Å². The van der Waals surface area contributed by atoms with Gasteiger partial charge in [-0.3, -0.25) is 0 Å². The van der Waals surface area contributed by atoms with Crippen molar-refractivity contribution in [1.29, 1.82) is 0 Å². The minimum atomic E-state index is -4.66. The number of halogens is 3. The van der Waals surface area contributed by atoms with Crippen LogP contribution in [0.15, 0.2) is 12.4 Å². The molecule has 0 aromatic carbocycles. The van der Waals surface area contributed by atoms with E-state index in [2.05, 4.69) is 15.3 Å². The van der Waals surface area contributed by atoms with Crippen molar-refractivity contribution >= 4 is 11.6 Å². The molecule has 0 saturated carbocycles. The Morgan fingerprint density at radius 3 is 2.86 bits per heavy atom. The predicted molar refractivity (Wildman–Crippen MR) is 74.6 cm³/mol. The standard InChI is InChI=1S/C13H19F3N4O2/c14-13(15,16)10(22)5-17-11-4-12(19-8-18-11)20-3-1-2-9(6-20)7-21/h4,8-10,21-22H,1-3,5-7H2,(H,17,18,19)/t9?,10-/m1/s1. The van der Waals surface area contributed by atoms with E-state index in [0.717, 1.165) is 19.4 Å². The highest BCUT2D eigenvalue weighted by Crippen LogP contribution is 2.23. The number of nitrogens with zero attached hydrogens (tertiary/aromatic N) is 3. The highest BCUT2D eigenvalue weighted by molar-refractivity contribution is 5.48. The number of nitrogens with one attached hydrogen (secondary N) is 1. The molecule has 1 aliphatic heterocycles. The summed E-state index contributed by atoms with van der Waals surface area (Å²) in [4.78, 5) is 9.94. The first-order valence-corrected chi connectivity index (χ1v) is 7.06. The van der Waals surface area contributed by atoms with E-state index in [9.17, 15) is 18.3 Å². The molecule has 6 nitrogen and oxygen atoms in total. The smallest absolute Gasteiger partial charge is 0.396 e.